The van der Waals surface area contributed by atoms with Gasteiger partial charge in [-0.25, -0.2) is 0 Å². The van der Waals surface area contributed by atoms with Crippen molar-refractivity contribution >= 4 is 34.9 Å². The summed E-state index contributed by atoms with van der Waals surface area (Å²) in [7, 11) is 0. The zero-order chi connectivity index (χ0) is 19.2. The molecule has 144 valence electrons. The van der Waals surface area contributed by atoms with Gasteiger partial charge in [0, 0.05) is 31.0 Å². The van der Waals surface area contributed by atoms with Crippen molar-refractivity contribution in [3.8, 4) is 0 Å². The Labute approximate surface area is 168 Å². The average molecular weight is 397 g/mol. The third kappa shape index (κ3) is 4.88. The molecule has 1 aromatic heterocycles. The normalized spacial score (nSPS) is 14.0. The van der Waals surface area contributed by atoms with Crippen molar-refractivity contribution in [1.82, 2.24) is 15.0 Å². The molecule has 0 saturated carbocycles. The highest BCUT2D eigenvalue weighted by Gasteiger charge is 2.11. The van der Waals surface area contributed by atoms with Crippen molar-refractivity contribution in [3.63, 3.8) is 0 Å². The Bertz CT molecular complexity index is 900. The van der Waals surface area contributed by atoms with Gasteiger partial charge < -0.3 is 20.3 Å². The second-order valence-corrected chi connectivity index (χ2v) is 6.70. The Hall–Kier alpha value is -2.90. The Kier molecular flexibility index (Phi) is 5.84. The summed E-state index contributed by atoms with van der Waals surface area (Å²) in [6, 6.07) is 18.2. The molecule has 0 amide bonds. The number of halogens is 1. The van der Waals surface area contributed by atoms with Crippen molar-refractivity contribution in [3.05, 3.63) is 65.4 Å². The fourth-order valence-electron chi connectivity index (χ4n) is 2.97. The number of benzene rings is 2. The molecule has 2 heterocycles. The highest BCUT2D eigenvalue weighted by molar-refractivity contribution is 6.28. The fraction of sp³-hybridized carbons (Fsp3) is 0.250. The van der Waals surface area contributed by atoms with E-state index in [1.165, 1.54) is 5.69 Å². The molecule has 0 bridgehead atoms. The standard InChI is InChI=1S/C20H21ClN6O/c21-18-24-19(22-14-15-4-2-1-3-5-15)26-20(25-18)23-16-6-8-17(9-7-16)27-10-12-28-13-11-27/h1-9H,10-14H2,(H2,22,23,24,25,26). The van der Waals surface area contributed by atoms with Crippen LogP contribution in [0.5, 0.6) is 0 Å². The largest absolute Gasteiger partial charge is 0.378 e. The number of nitrogens with one attached hydrogen (secondary N) is 2. The number of aromatic nitrogens is 3. The molecule has 8 heteroatoms. The third-order valence-corrected chi connectivity index (χ3v) is 4.57. The fourth-order valence-corrected chi connectivity index (χ4v) is 3.13. The maximum Gasteiger partial charge on any atom is 0.233 e. The van der Waals surface area contributed by atoms with Gasteiger partial charge >= 0.3 is 0 Å². The predicted octanol–water partition coefficient (Wildman–Crippen LogP) is 3.72. The highest BCUT2D eigenvalue weighted by Crippen LogP contribution is 2.21. The summed E-state index contributed by atoms with van der Waals surface area (Å²) in [5.74, 6) is 0.825. The topological polar surface area (TPSA) is 75.2 Å². The summed E-state index contributed by atoms with van der Waals surface area (Å²) in [6.45, 7) is 3.96. The SMILES string of the molecule is Clc1nc(NCc2ccccc2)nc(Nc2ccc(N3CCOCC3)cc2)n1. The lowest BCUT2D eigenvalue weighted by Crippen LogP contribution is -2.36. The van der Waals surface area contributed by atoms with E-state index in [1.54, 1.807) is 0 Å². The van der Waals surface area contributed by atoms with Crippen LogP contribution >= 0.6 is 11.6 Å². The van der Waals surface area contributed by atoms with Crippen molar-refractivity contribution in [2.45, 2.75) is 6.54 Å². The summed E-state index contributed by atoms with van der Waals surface area (Å²) >= 11 is 6.06. The molecule has 7 nitrogen and oxygen atoms in total. The van der Waals surface area contributed by atoms with Crippen molar-refractivity contribution in [2.75, 3.05) is 41.8 Å². The van der Waals surface area contributed by atoms with E-state index < -0.39 is 0 Å². The van der Waals surface area contributed by atoms with Gasteiger partial charge in [0.2, 0.25) is 17.2 Å². The molecule has 1 saturated heterocycles. The van der Waals surface area contributed by atoms with Crippen LogP contribution in [0.25, 0.3) is 0 Å². The lowest BCUT2D eigenvalue weighted by Gasteiger charge is -2.28. The third-order valence-electron chi connectivity index (χ3n) is 4.40. The molecule has 0 unspecified atom stereocenters. The van der Waals surface area contributed by atoms with Gasteiger partial charge in [0.15, 0.2) is 0 Å². The Balaban J connectivity index is 1.41. The number of hydrogen-bond acceptors (Lipinski definition) is 7. The van der Waals surface area contributed by atoms with Crippen LogP contribution in [0.3, 0.4) is 0 Å². The second kappa shape index (κ2) is 8.86. The Morgan fingerprint density at radius 1 is 0.893 bits per heavy atom. The second-order valence-electron chi connectivity index (χ2n) is 6.36. The van der Waals surface area contributed by atoms with Crippen molar-refractivity contribution in [1.29, 1.82) is 0 Å². The summed E-state index contributed by atoms with van der Waals surface area (Å²) in [5, 5.41) is 6.50. The van der Waals surface area contributed by atoms with E-state index in [1.807, 2.05) is 42.5 Å². The molecule has 4 rings (SSSR count). The Morgan fingerprint density at radius 3 is 2.36 bits per heavy atom. The molecular formula is C20H21ClN6O. The van der Waals surface area contributed by atoms with Crippen LogP contribution in [0, 0.1) is 0 Å². The van der Waals surface area contributed by atoms with Crippen LogP contribution < -0.4 is 15.5 Å². The van der Waals surface area contributed by atoms with Gasteiger partial charge in [0.05, 0.1) is 13.2 Å². The molecular weight excluding hydrogens is 376 g/mol. The van der Waals surface area contributed by atoms with Crippen LogP contribution in [-0.2, 0) is 11.3 Å². The first-order chi connectivity index (χ1) is 13.8. The predicted molar refractivity (Wildman–Crippen MR) is 111 cm³/mol. The first kappa shape index (κ1) is 18.5. The van der Waals surface area contributed by atoms with Gasteiger partial charge in [0.1, 0.15) is 0 Å². The lowest BCUT2D eigenvalue weighted by atomic mass is 10.2. The van der Waals surface area contributed by atoms with E-state index in [-0.39, 0.29) is 5.28 Å². The molecule has 0 atom stereocenters. The number of ether oxygens (including phenoxy) is 1. The van der Waals surface area contributed by atoms with E-state index in [4.69, 9.17) is 16.3 Å². The molecule has 2 N–H and O–H groups in total. The van der Waals surface area contributed by atoms with E-state index >= 15 is 0 Å². The van der Waals surface area contributed by atoms with Crippen LogP contribution in [0.1, 0.15) is 5.56 Å². The van der Waals surface area contributed by atoms with Crippen molar-refractivity contribution in [2.24, 2.45) is 0 Å². The maximum atomic E-state index is 6.06. The maximum absolute atomic E-state index is 6.06. The van der Waals surface area contributed by atoms with Gasteiger partial charge in [-0.3, -0.25) is 0 Å². The van der Waals surface area contributed by atoms with Gasteiger partial charge in [-0.2, -0.15) is 15.0 Å². The van der Waals surface area contributed by atoms with Crippen LogP contribution in [0.15, 0.2) is 54.6 Å². The van der Waals surface area contributed by atoms with E-state index in [0.717, 1.165) is 37.6 Å². The minimum absolute atomic E-state index is 0.137. The van der Waals surface area contributed by atoms with Crippen LogP contribution in [0.2, 0.25) is 5.28 Å². The molecule has 0 radical (unpaired) electrons. The molecule has 2 aromatic carbocycles. The number of rotatable bonds is 6. The molecule has 1 aliphatic heterocycles. The monoisotopic (exact) mass is 396 g/mol. The summed E-state index contributed by atoms with van der Waals surface area (Å²) in [6.07, 6.45) is 0. The molecule has 0 aliphatic carbocycles. The first-order valence-corrected chi connectivity index (χ1v) is 9.53. The molecule has 1 fully saturated rings. The lowest BCUT2D eigenvalue weighted by molar-refractivity contribution is 0.122. The minimum atomic E-state index is 0.137. The van der Waals surface area contributed by atoms with Gasteiger partial charge in [-0.1, -0.05) is 30.3 Å². The van der Waals surface area contributed by atoms with Gasteiger partial charge in [-0.05, 0) is 41.4 Å². The molecule has 0 spiro atoms. The number of anilines is 4. The van der Waals surface area contributed by atoms with E-state index in [9.17, 15) is 0 Å². The average Bonchev–Trinajstić information content (AvgIpc) is 2.74. The number of hydrogen-bond donors (Lipinski definition) is 2. The molecule has 1 aliphatic rings. The van der Waals surface area contributed by atoms with E-state index in [0.29, 0.717) is 18.4 Å². The Morgan fingerprint density at radius 2 is 1.61 bits per heavy atom. The number of morpholine rings is 1. The van der Waals surface area contributed by atoms with Crippen LogP contribution in [-0.4, -0.2) is 41.3 Å². The minimum Gasteiger partial charge on any atom is -0.378 e. The zero-order valence-electron chi connectivity index (χ0n) is 15.3. The number of nitrogens with zero attached hydrogens (tertiary/aromatic N) is 4. The quantitative estimate of drug-likeness (QED) is 0.657. The highest BCUT2D eigenvalue weighted by atomic mass is 35.5. The summed E-state index contributed by atoms with van der Waals surface area (Å²) in [4.78, 5) is 15.0. The smallest absolute Gasteiger partial charge is 0.233 e. The van der Waals surface area contributed by atoms with Crippen molar-refractivity contribution < 1.29 is 4.74 Å². The molecule has 3 aromatic rings. The summed E-state index contributed by atoms with van der Waals surface area (Å²) in [5.41, 5.74) is 3.19. The first-order valence-electron chi connectivity index (χ1n) is 9.15. The van der Waals surface area contributed by atoms with Gasteiger partial charge in [0.25, 0.3) is 0 Å². The van der Waals surface area contributed by atoms with Gasteiger partial charge in [-0.15, -0.1) is 0 Å². The summed E-state index contributed by atoms with van der Waals surface area (Å²) < 4.78 is 5.40. The molecule has 28 heavy (non-hydrogen) atoms. The van der Waals surface area contributed by atoms with Crippen LogP contribution in [0.4, 0.5) is 23.3 Å². The van der Waals surface area contributed by atoms with E-state index in [2.05, 4.69) is 42.6 Å². The zero-order valence-corrected chi connectivity index (χ0v) is 16.1.